The normalized spacial score (nSPS) is 32.6. The average molecular weight is 400 g/mol. The van der Waals surface area contributed by atoms with Crippen molar-refractivity contribution in [1.82, 2.24) is 10.2 Å². The first kappa shape index (κ1) is 21.1. The Morgan fingerprint density at radius 1 is 1.07 bits per heavy atom. The highest BCUT2D eigenvalue weighted by Crippen LogP contribution is 2.50. The molecule has 2 aliphatic heterocycles. The van der Waals surface area contributed by atoms with E-state index in [4.69, 9.17) is 9.31 Å². The fourth-order valence-corrected chi connectivity index (χ4v) is 5.07. The van der Waals surface area contributed by atoms with Gasteiger partial charge in [-0.25, -0.2) is 0 Å². The van der Waals surface area contributed by atoms with Crippen molar-refractivity contribution in [3.63, 3.8) is 0 Å². The van der Waals surface area contributed by atoms with Crippen LogP contribution in [-0.2, 0) is 14.1 Å². The third kappa shape index (κ3) is 3.32. The molecule has 1 N–H and O–H groups in total. The Morgan fingerprint density at radius 2 is 1.66 bits per heavy atom. The van der Waals surface area contributed by atoms with Gasteiger partial charge in [-0.1, -0.05) is 13.8 Å². The van der Waals surface area contributed by atoms with Gasteiger partial charge in [0.2, 0.25) is 5.91 Å². The fourth-order valence-electron chi connectivity index (χ4n) is 5.07. The van der Waals surface area contributed by atoms with Crippen LogP contribution in [0.25, 0.3) is 0 Å². The molecule has 0 aromatic carbocycles. The van der Waals surface area contributed by atoms with Crippen LogP contribution in [0.1, 0.15) is 81.1 Å². The van der Waals surface area contributed by atoms with Crippen molar-refractivity contribution in [2.75, 3.05) is 0 Å². The second kappa shape index (κ2) is 6.70. The van der Waals surface area contributed by atoms with Gasteiger partial charge >= 0.3 is 7.12 Å². The van der Waals surface area contributed by atoms with Gasteiger partial charge in [-0.05, 0) is 84.3 Å². The third-order valence-electron chi connectivity index (χ3n) is 7.67. The molecule has 5 nitrogen and oxygen atoms in total. The Kier molecular flexibility index (Phi) is 4.88. The van der Waals surface area contributed by atoms with Crippen LogP contribution < -0.4 is 5.32 Å². The minimum atomic E-state index is -0.413. The molecule has 1 amide bonds. The van der Waals surface area contributed by atoms with Crippen LogP contribution in [-0.4, -0.2) is 47.3 Å². The van der Waals surface area contributed by atoms with Crippen molar-refractivity contribution in [3.05, 3.63) is 22.8 Å². The molecular formula is C23H37BN2O3. The molecule has 0 aromatic rings. The Morgan fingerprint density at radius 3 is 2.21 bits per heavy atom. The van der Waals surface area contributed by atoms with E-state index in [1.807, 2.05) is 0 Å². The molecule has 6 heteroatoms. The molecule has 0 radical (unpaired) electrons. The van der Waals surface area contributed by atoms with Gasteiger partial charge in [-0.15, -0.1) is 0 Å². The van der Waals surface area contributed by atoms with Crippen molar-refractivity contribution >= 4 is 13.0 Å². The van der Waals surface area contributed by atoms with Crippen molar-refractivity contribution in [2.45, 2.75) is 110 Å². The summed E-state index contributed by atoms with van der Waals surface area (Å²) in [6.45, 7) is 16.9. The number of nitrogens with one attached hydrogen (secondary N) is 1. The highest BCUT2D eigenvalue weighted by molar-refractivity contribution is 6.54. The summed E-state index contributed by atoms with van der Waals surface area (Å²) in [5, 5.41) is 3.60. The summed E-state index contributed by atoms with van der Waals surface area (Å²) in [4.78, 5) is 15.5. The maximum atomic E-state index is 13.4. The second-order valence-electron chi connectivity index (χ2n) is 11.1. The molecule has 4 aliphatic rings. The Labute approximate surface area is 176 Å². The summed E-state index contributed by atoms with van der Waals surface area (Å²) in [6, 6.07) is 1.28. The monoisotopic (exact) mass is 400 g/mol. The van der Waals surface area contributed by atoms with Gasteiger partial charge in [0.1, 0.15) is 0 Å². The van der Waals surface area contributed by atoms with E-state index in [2.05, 4.69) is 71.7 Å². The van der Waals surface area contributed by atoms with Gasteiger partial charge in [0, 0.05) is 23.8 Å². The first-order chi connectivity index (χ1) is 13.3. The third-order valence-corrected chi connectivity index (χ3v) is 7.67. The van der Waals surface area contributed by atoms with Crippen molar-refractivity contribution < 1.29 is 14.1 Å². The zero-order valence-electron chi connectivity index (χ0n) is 19.4. The number of amides is 1. The van der Waals surface area contributed by atoms with Crippen LogP contribution >= 0.6 is 0 Å². The SMILES string of the molecule is CC(C)NC1CC(N2C(=O)C(C)(C)C3=C2C=C(B2OC(C)(C)C(C)(C)O2)CC3)C1. The van der Waals surface area contributed by atoms with Gasteiger partial charge in [-0.3, -0.25) is 4.79 Å². The topological polar surface area (TPSA) is 50.8 Å². The number of carbonyl (C=O) groups excluding carboxylic acids is 1. The molecule has 2 fully saturated rings. The van der Waals surface area contributed by atoms with E-state index in [0.29, 0.717) is 18.1 Å². The van der Waals surface area contributed by atoms with E-state index < -0.39 is 5.41 Å². The summed E-state index contributed by atoms with van der Waals surface area (Å²) in [7, 11) is -0.327. The Balaban J connectivity index is 1.59. The molecule has 0 atom stereocenters. The van der Waals surface area contributed by atoms with Gasteiger partial charge < -0.3 is 19.5 Å². The fraction of sp³-hybridized carbons (Fsp3) is 0.783. The summed E-state index contributed by atoms with van der Waals surface area (Å²) >= 11 is 0. The zero-order chi connectivity index (χ0) is 21.4. The number of carbonyl (C=O) groups is 1. The first-order valence-corrected chi connectivity index (χ1v) is 11.2. The highest BCUT2D eigenvalue weighted by atomic mass is 16.7. The molecule has 0 aromatic heterocycles. The van der Waals surface area contributed by atoms with Crippen LogP contribution in [0, 0.1) is 5.41 Å². The van der Waals surface area contributed by atoms with E-state index in [1.54, 1.807) is 0 Å². The first-order valence-electron chi connectivity index (χ1n) is 11.2. The predicted octanol–water partition coefficient (Wildman–Crippen LogP) is 3.99. The van der Waals surface area contributed by atoms with Crippen LogP contribution in [0.4, 0.5) is 0 Å². The smallest absolute Gasteiger partial charge is 0.400 e. The maximum absolute atomic E-state index is 13.4. The summed E-state index contributed by atoms with van der Waals surface area (Å²) in [6.07, 6.45) is 6.05. The van der Waals surface area contributed by atoms with Gasteiger partial charge in [-0.2, -0.15) is 0 Å². The Bertz CT molecular complexity index is 759. The standard InChI is InChI=1S/C23H37BN2O3/c1-14(2)25-16-12-17(13-16)26-19-11-15(9-10-18(19)21(3,4)20(26)27)24-28-22(5,6)23(7,8)29-24/h11,14,16-17,25H,9-10,12-13H2,1-8H3. The molecular weight excluding hydrogens is 363 g/mol. The molecule has 1 saturated heterocycles. The molecule has 160 valence electrons. The van der Waals surface area contributed by atoms with E-state index in [1.165, 1.54) is 5.57 Å². The van der Waals surface area contributed by atoms with E-state index in [0.717, 1.165) is 36.9 Å². The minimum Gasteiger partial charge on any atom is -0.400 e. The lowest BCUT2D eigenvalue weighted by Crippen LogP contribution is -2.55. The summed E-state index contributed by atoms with van der Waals surface area (Å²) in [5.41, 5.74) is 2.45. The number of rotatable bonds is 4. The van der Waals surface area contributed by atoms with Crippen molar-refractivity contribution in [3.8, 4) is 0 Å². The van der Waals surface area contributed by atoms with Crippen LogP contribution in [0.5, 0.6) is 0 Å². The molecule has 0 unspecified atom stereocenters. The molecule has 0 spiro atoms. The molecule has 29 heavy (non-hydrogen) atoms. The quantitative estimate of drug-likeness (QED) is 0.725. The van der Waals surface area contributed by atoms with Crippen molar-refractivity contribution in [2.24, 2.45) is 5.41 Å². The average Bonchev–Trinajstić information content (AvgIpc) is 2.90. The molecule has 0 bridgehead atoms. The van der Waals surface area contributed by atoms with Crippen molar-refractivity contribution in [1.29, 1.82) is 0 Å². The van der Waals surface area contributed by atoms with E-state index in [9.17, 15) is 4.79 Å². The largest absolute Gasteiger partial charge is 0.490 e. The molecule has 2 aliphatic carbocycles. The van der Waals surface area contributed by atoms with Crippen LogP contribution in [0.2, 0.25) is 0 Å². The number of hydrogen-bond donors (Lipinski definition) is 1. The lowest BCUT2D eigenvalue weighted by molar-refractivity contribution is -0.137. The zero-order valence-corrected chi connectivity index (χ0v) is 19.4. The maximum Gasteiger partial charge on any atom is 0.490 e. The molecule has 2 heterocycles. The lowest BCUT2D eigenvalue weighted by atomic mass is 9.70. The van der Waals surface area contributed by atoms with Crippen LogP contribution in [0.15, 0.2) is 22.8 Å². The summed E-state index contributed by atoms with van der Waals surface area (Å²) < 4.78 is 12.6. The minimum absolute atomic E-state index is 0.252. The number of hydrogen-bond acceptors (Lipinski definition) is 4. The van der Waals surface area contributed by atoms with E-state index >= 15 is 0 Å². The predicted molar refractivity (Wildman–Crippen MR) is 116 cm³/mol. The second-order valence-corrected chi connectivity index (χ2v) is 11.1. The van der Waals surface area contributed by atoms with Crippen LogP contribution in [0.3, 0.4) is 0 Å². The molecule has 1 saturated carbocycles. The van der Waals surface area contributed by atoms with E-state index in [-0.39, 0.29) is 24.2 Å². The Hall–Kier alpha value is -1.11. The van der Waals surface area contributed by atoms with Gasteiger partial charge in [0.05, 0.1) is 16.6 Å². The van der Waals surface area contributed by atoms with Gasteiger partial charge in [0.15, 0.2) is 0 Å². The molecule has 4 rings (SSSR count). The highest BCUT2D eigenvalue weighted by Gasteiger charge is 2.55. The summed E-state index contributed by atoms with van der Waals surface area (Å²) in [5.74, 6) is 0.252. The number of allylic oxidation sites excluding steroid dienone is 2. The number of nitrogens with zero attached hydrogens (tertiary/aromatic N) is 1. The van der Waals surface area contributed by atoms with Gasteiger partial charge in [0.25, 0.3) is 0 Å². The lowest BCUT2D eigenvalue weighted by Gasteiger charge is -2.43.